The van der Waals surface area contributed by atoms with Gasteiger partial charge in [0.2, 0.25) is 5.95 Å². The van der Waals surface area contributed by atoms with Crippen molar-refractivity contribution in [3.8, 4) is 11.1 Å². The van der Waals surface area contributed by atoms with E-state index < -0.39 is 5.60 Å². The number of amides is 1. The monoisotopic (exact) mass is 561 g/mol. The van der Waals surface area contributed by atoms with Gasteiger partial charge in [0.15, 0.2) is 0 Å². The number of fused-ring (bicyclic) bond motifs is 1. The minimum Gasteiger partial charge on any atom is -0.465 e. The minimum absolute atomic E-state index is 0.0238. The van der Waals surface area contributed by atoms with Gasteiger partial charge in [-0.2, -0.15) is 5.10 Å². The molecule has 1 aromatic carbocycles. The summed E-state index contributed by atoms with van der Waals surface area (Å²) in [4.78, 5) is 37.8. The molecule has 1 N–H and O–H groups in total. The highest BCUT2D eigenvalue weighted by atomic mass is 16.6. The largest absolute Gasteiger partial charge is 0.465 e. The number of nitrogens with zero attached hydrogens (tertiary/aromatic N) is 6. The van der Waals surface area contributed by atoms with Gasteiger partial charge in [-0.15, -0.1) is 0 Å². The van der Waals surface area contributed by atoms with Gasteiger partial charge in [-0.25, -0.2) is 14.8 Å². The van der Waals surface area contributed by atoms with Crippen LogP contribution >= 0.6 is 0 Å². The highest BCUT2D eigenvalue weighted by molar-refractivity contribution is 5.70. The third-order valence-corrected chi connectivity index (χ3v) is 7.18. The van der Waals surface area contributed by atoms with Crippen molar-refractivity contribution in [3.05, 3.63) is 59.7 Å². The van der Waals surface area contributed by atoms with Gasteiger partial charge < -0.3 is 19.7 Å². The molecule has 2 aromatic heterocycles. The van der Waals surface area contributed by atoms with Crippen LogP contribution in [-0.2, 0) is 40.2 Å². The first kappa shape index (κ1) is 28.5. The number of nitrogens with one attached hydrogen (secondary N) is 1. The second-order valence-electron chi connectivity index (χ2n) is 11.5. The number of esters is 1. The molecule has 11 nitrogen and oxygen atoms in total. The van der Waals surface area contributed by atoms with Gasteiger partial charge in [-0.3, -0.25) is 14.4 Å². The number of ether oxygens (including phenoxy) is 2. The molecule has 2 aliphatic rings. The number of carbonyl (C=O) groups is 2. The molecule has 3 heterocycles. The van der Waals surface area contributed by atoms with Crippen LogP contribution in [0.25, 0.3) is 11.1 Å². The Kier molecular flexibility index (Phi) is 8.53. The van der Waals surface area contributed by atoms with Crippen molar-refractivity contribution in [2.24, 2.45) is 0 Å². The summed E-state index contributed by atoms with van der Waals surface area (Å²) in [5.41, 5.74) is 4.71. The van der Waals surface area contributed by atoms with E-state index in [1.807, 2.05) is 27.0 Å². The molecule has 218 valence electrons. The lowest BCUT2D eigenvalue weighted by molar-refractivity contribution is -0.144. The van der Waals surface area contributed by atoms with Crippen LogP contribution in [0, 0.1) is 0 Å². The fourth-order valence-corrected chi connectivity index (χ4v) is 5.25. The van der Waals surface area contributed by atoms with E-state index in [0.717, 1.165) is 29.7 Å². The number of hydrogen-bond donors (Lipinski definition) is 1. The van der Waals surface area contributed by atoms with Crippen molar-refractivity contribution in [2.45, 2.75) is 65.3 Å². The predicted molar refractivity (Wildman–Crippen MR) is 154 cm³/mol. The average molecular weight is 562 g/mol. The van der Waals surface area contributed by atoms with Gasteiger partial charge in [0.25, 0.3) is 0 Å². The van der Waals surface area contributed by atoms with Gasteiger partial charge in [-0.1, -0.05) is 24.3 Å². The van der Waals surface area contributed by atoms with Crippen molar-refractivity contribution < 1.29 is 19.1 Å². The number of piperazine rings is 1. The zero-order valence-electron chi connectivity index (χ0n) is 24.3. The minimum atomic E-state index is -0.524. The molecule has 0 saturated carbocycles. The van der Waals surface area contributed by atoms with Crippen LogP contribution < -0.4 is 5.32 Å². The van der Waals surface area contributed by atoms with E-state index in [1.165, 1.54) is 11.1 Å². The zero-order valence-corrected chi connectivity index (χ0v) is 24.3. The number of benzene rings is 1. The van der Waals surface area contributed by atoms with E-state index in [0.29, 0.717) is 45.3 Å². The number of rotatable bonds is 8. The lowest BCUT2D eigenvalue weighted by atomic mass is 10.1. The average Bonchev–Trinajstić information content (AvgIpc) is 3.51. The fraction of sp³-hybridized carbons (Fsp3) is 0.500. The Morgan fingerprint density at radius 1 is 1.02 bits per heavy atom. The Morgan fingerprint density at radius 2 is 1.68 bits per heavy atom. The van der Waals surface area contributed by atoms with E-state index in [4.69, 9.17) is 14.6 Å². The molecule has 1 amide bonds. The van der Waals surface area contributed by atoms with E-state index >= 15 is 0 Å². The second kappa shape index (κ2) is 12.3. The van der Waals surface area contributed by atoms with Crippen LogP contribution in [0.4, 0.5) is 10.7 Å². The number of hydrogen-bond acceptors (Lipinski definition) is 9. The number of carbonyl (C=O) groups excluding carboxylic acids is 2. The molecule has 1 aliphatic carbocycles. The molecule has 0 bridgehead atoms. The van der Waals surface area contributed by atoms with Crippen molar-refractivity contribution in [1.82, 2.24) is 29.5 Å². The summed E-state index contributed by atoms with van der Waals surface area (Å²) in [7, 11) is 0. The van der Waals surface area contributed by atoms with Crippen LogP contribution in [0.1, 0.15) is 44.5 Å². The summed E-state index contributed by atoms with van der Waals surface area (Å²) in [6, 6.07) is 8.77. The fourth-order valence-electron chi connectivity index (χ4n) is 5.25. The third kappa shape index (κ3) is 7.40. The van der Waals surface area contributed by atoms with E-state index in [1.54, 1.807) is 28.9 Å². The van der Waals surface area contributed by atoms with Crippen LogP contribution in [0.15, 0.2) is 42.9 Å². The molecular formula is C30H39N7O4. The maximum Gasteiger partial charge on any atom is 0.410 e. The van der Waals surface area contributed by atoms with Gasteiger partial charge in [0.1, 0.15) is 12.1 Å². The quantitative estimate of drug-likeness (QED) is 0.413. The molecule has 0 spiro atoms. The van der Waals surface area contributed by atoms with Crippen LogP contribution in [0.3, 0.4) is 0 Å². The summed E-state index contributed by atoms with van der Waals surface area (Å²) in [6.07, 6.45) is 7.06. The molecule has 5 rings (SSSR count). The molecule has 41 heavy (non-hydrogen) atoms. The zero-order chi connectivity index (χ0) is 29.0. The summed E-state index contributed by atoms with van der Waals surface area (Å²) >= 11 is 0. The normalized spacial score (nSPS) is 16.0. The first-order valence-electron chi connectivity index (χ1n) is 14.2. The topological polar surface area (TPSA) is 115 Å². The van der Waals surface area contributed by atoms with E-state index in [2.05, 4.69) is 44.5 Å². The van der Waals surface area contributed by atoms with Gasteiger partial charge in [0.05, 0.1) is 12.3 Å². The Morgan fingerprint density at radius 3 is 2.29 bits per heavy atom. The molecule has 1 fully saturated rings. The third-order valence-electron chi connectivity index (χ3n) is 7.18. The summed E-state index contributed by atoms with van der Waals surface area (Å²) < 4.78 is 12.3. The van der Waals surface area contributed by atoms with Gasteiger partial charge in [-0.05, 0) is 51.7 Å². The SMILES string of the molecule is CCOC(=O)Cn1cc(-c2cnc(NC3Cc4ccccc4C3)nc2)c(CN2CCN(C(=O)OC(C)(C)C)CC2)n1. The number of anilines is 1. The molecular weight excluding hydrogens is 522 g/mol. The lowest BCUT2D eigenvalue weighted by Gasteiger charge is -2.35. The van der Waals surface area contributed by atoms with E-state index in [-0.39, 0.29) is 24.6 Å². The lowest BCUT2D eigenvalue weighted by Crippen LogP contribution is -2.49. The molecule has 1 aliphatic heterocycles. The Bertz CT molecular complexity index is 1330. The highest BCUT2D eigenvalue weighted by Gasteiger charge is 2.27. The van der Waals surface area contributed by atoms with Gasteiger partial charge in [0, 0.05) is 68.5 Å². The summed E-state index contributed by atoms with van der Waals surface area (Å²) in [5, 5.41) is 8.20. The molecule has 1 saturated heterocycles. The van der Waals surface area contributed by atoms with Gasteiger partial charge >= 0.3 is 12.1 Å². The first-order valence-corrected chi connectivity index (χ1v) is 14.2. The van der Waals surface area contributed by atoms with Crippen molar-refractivity contribution >= 4 is 18.0 Å². The Labute approximate surface area is 240 Å². The van der Waals surface area contributed by atoms with Crippen molar-refractivity contribution in [1.29, 1.82) is 0 Å². The van der Waals surface area contributed by atoms with Crippen molar-refractivity contribution in [3.63, 3.8) is 0 Å². The summed E-state index contributed by atoms with van der Waals surface area (Å²) in [6.45, 7) is 10.8. The van der Waals surface area contributed by atoms with Crippen LogP contribution in [-0.4, -0.2) is 86.0 Å². The van der Waals surface area contributed by atoms with Crippen LogP contribution in [0.2, 0.25) is 0 Å². The Hall–Kier alpha value is -3.99. The number of aromatic nitrogens is 4. The highest BCUT2D eigenvalue weighted by Crippen LogP contribution is 2.26. The predicted octanol–water partition coefficient (Wildman–Crippen LogP) is 3.54. The molecule has 11 heteroatoms. The standard InChI is InChI=1S/C30H39N7O4/c1-5-40-27(38)20-37-18-25(26(34-37)19-35-10-12-36(13-11-35)29(39)41-30(2,3)4)23-16-31-28(32-17-23)33-24-14-21-8-6-7-9-22(21)15-24/h6-9,16-18,24H,5,10-15,19-20H2,1-4H3,(H,31,32,33). The smallest absolute Gasteiger partial charge is 0.410 e. The molecule has 3 aromatic rings. The Balaban J connectivity index is 1.26. The van der Waals surface area contributed by atoms with E-state index in [9.17, 15) is 9.59 Å². The molecule has 0 unspecified atom stereocenters. The first-order chi connectivity index (χ1) is 19.7. The maximum absolute atomic E-state index is 12.5. The van der Waals surface area contributed by atoms with Crippen LogP contribution in [0.5, 0.6) is 0 Å². The maximum atomic E-state index is 12.5. The second-order valence-corrected chi connectivity index (χ2v) is 11.5. The van der Waals surface area contributed by atoms with Crippen molar-refractivity contribution in [2.75, 3.05) is 38.1 Å². The molecule has 0 radical (unpaired) electrons. The molecule has 0 atom stereocenters. The summed E-state index contributed by atoms with van der Waals surface area (Å²) in [5.74, 6) is 0.248.